The lowest BCUT2D eigenvalue weighted by Gasteiger charge is -2.20. The molecule has 0 bridgehead atoms. The first-order valence-electron chi connectivity index (χ1n) is 6.32. The summed E-state index contributed by atoms with van der Waals surface area (Å²) < 4.78 is 2.23. The summed E-state index contributed by atoms with van der Waals surface area (Å²) in [5, 5.41) is 0. The van der Waals surface area contributed by atoms with Crippen LogP contribution in [0.25, 0.3) is 0 Å². The molecular formula is C15H21N3. The number of rotatable bonds is 3. The molecule has 2 rings (SSSR count). The van der Waals surface area contributed by atoms with Crippen molar-refractivity contribution in [2.45, 2.75) is 39.2 Å². The first kappa shape index (κ1) is 12.7. The van der Waals surface area contributed by atoms with E-state index in [-0.39, 0.29) is 5.41 Å². The van der Waals surface area contributed by atoms with Crippen molar-refractivity contribution in [1.82, 2.24) is 9.55 Å². The van der Waals surface area contributed by atoms with Gasteiger partial charge in [0.05, 0.1) is 6.33 Å². The van der Waals surface area contributed by atoms with Crippen molar-refractivity contribution >= 4 is 5.69 Å². The summed E-state index contributed by atoms with van der Waals surface area (Å²) >= 11 is 0. The maximum Gasteiger partial charge on any atom is 0.0948 e. The number of imidazole rings is 1. The molecule has 0 saturated heterocycles. The van der Waals surface area contributed by atoms with Gasteiger partial charge >= 0.3 is 0 Å². The third kappa shape index (κ3) is 2.92. The third-order valence-corrected chi connectivity index (χ3v) is 3.10. The van der Waals surface area contributed by atoms with Crippen LogP contribution < -0.4 is 5.73 Å². The minimum Gasteiger partial charge on any atom is -0.399 e. The van der Waals surface area contributed by atoms with E-state index in [2.05, 4.69) is 42.5 Å². The van der Waals surface area contributed by atoms with E-state index in [9.17, 15) is 0 Å². The first-order valence-corrected chi connectivity index (χ1v) is 6.32. The molecule has 0 aliphatic carbocycles. The molecule has 18 heavy (non-hydrogen) atoms. The lowest BCUT2D eigenvalue weighted by atomic mass is 9.92. The van der Waals surface area contributed by atoms with Crippen LogP contribution in [-0.4, -0.2) is 9.55 Å². The van der Waals surface area contributed by atoms with Gasteiger partial charge < -0.3 is 10.3 Å². The molecule has 0 spiro atoms. The monoisotopic (exact) mass is 243 g/mol. The van der Waals surface area contributed by atoms with Gasteiger partial charge in [-0.05, 0) is 24.1 Å². The van der Waals surface area contributed by atoms with Crippen LogP contribution in [0.5, 0.6) is 0 Å². The fourth-order valence-corrected chi connectivity index (χ4v) is 2.06. The van der Waals surface area contributed by atoms with E-state index >= 15 is 0 Å². The van der Waals surface area contributed by atoms with Gasteiger partial charge in [0.25, 0.3) is 0 Å². The van der Waals surface area contributed by atoms with E-state index in [0.717, 1.165) is 18.7 Å². The van der Waals surface area contributed by atoms with Gasteiger partial charge in [0.2, 0.25) is 0 Å². The molecule has 3 nitrogen and oxygen atoms in total. The molecule has 0 fully saturated rings. The van der Waals surface area contributed by atoms with Crippen molar-refractivity contribution in [2.24, 2.45) is 0 Å². The predicted molar refractivity (Wildman–Crippen MR) is 75.5 cm³/mol. The van der Waals surface area contributed by atoms with E-state index in [0.29, 0.717) is 0 Å². The Labute approximate surface area is 109 Å². The van der Waals surface area contributed by atoms with Gasteiger partial charge in [-0.25, -0.2) is 4.98 Å². The highest BCUT2D eigenvalue weighted by Gasteiger charge is 2.18. The maximum atomic E-state index is 5.68. The Morgan fingerprint density at radius 2 is 1.83 bits per heavy atom. The molecular weight excluding hydrogens is 222 g/mol. The summed E-state index contributed by atoms with van der Waals surface area (Å²) in [6.45, 7) is 7.59. The molecule has 1 heterocycles. The zero-order valence-electron chi connectivity index (χ0n) is 11.4. The number of anilines is 1. The minimum atomic E-state index is 0.137. The van der Waals surface area contributed by atoms with Crippen LogP contribution in [0.15, 0.2) is 36.8 Å². The van der Waals surface area contributed by atoms with Gasteiger partial charge in [0, 0.05) is 29.5 Å². The second-order valence-corrected chi connectivity index (χ2v) is 5.71. The van der Waals surface area contributed by atoms with Crippen LogP contribution in [0.4, 0.5) is 5.69 Å². The number of aryl methyl sites for hydroxylation is 2. The first-order chi connectivity index (χ1) is 8.47. The topological polar surface area (TPSA) is 43.8 Å². The van der Waals surface area contributed by atoms with Crippen molar-refractivity contribution in [2.75, 3.05) is 5.73 Å². The van der Waals surface area contributed by atoms with Crippen LogP contribution >= 0.6 is 0 Å². The molecule has 1 aromatic carbocycles. The van der Waals surface area contributed by atoms with Gasteiger partial charge in [-0.3, -0.25) is 0 Å². The number of nitrogen functional groups attached to an aromatic ring is 1. The minimum absolute atomic E-state index is 0.137. The van der Waals surface area contributed by atoms with Crippen molar-refractivity contribution in [3.63, 3.8) is 0 Å². The second kappa shape index (κ2) is 4.84. The largest absolute Gasteiger partial charge is 0.399 e. The number of aromatic nitrogens is 2. The SMILES string of the molecule is CC(C)(C)c1cncn1CCc1ccc(N)cc1. The van der Waals surface area contributed by atoms with Crippen LogP contribution in [0, 0.1) is 0 Å². The Morgan fingerprint density at radius 3 is 2.44 bits per heavy atom. The lowest BCUT2D eigenvalue weighted by Crippen LogP contribution is -2.18. The number of benzene rings is 1. The summed E-state index contributed by atoms with van der Waals surface area (Å²) in [7, 11) is 0. The average Bonchev–Trinajstić information content (AvgIpc) is 2.76. The highest BCUT2D eigenvalue weighted by atomic mass is 15.0. The second-order valence-electron chi connectivity index (χ2n) is 5.71. The molecule has 0 unspecified atom stereocenters. The molecule has 0 aliphatic heterocycles. The normalized spacial score (nSPS) is 11.7. The standard InChI is InChI=1S/C15H21N3/c1-15(2,3)14-10-17-11-18(14)9-8-12-4-6-13(16)7-5-12/h4-7,10-11H,8-9,16H2,1-3H3. The molecule has 0 aliphatic rings. The van der Waals surface area contributed by atoms with Crippen molar-refractivity contribution in [1.29, 1.82) is 0 Å². The number of nitrogens with zero attached hydrogens (tertiary/aromatic N) is 2. The Bertz CT molecular complexity index is 503. The highest BCUT2D eigenvalue weighted by Crippen LogP contribution is 2.21. The summed E-state index contributed by atoms with van der Waals surface area (Å²) in [6, 6.07) is 8.08. The fraction of sp³-hybridized carbons (Fsp3) is 0.400. The molecule has 0 saturated carbocycles. The third-order valence-electron chi connectivity index (χ3n) is 3.10. The number of hydrogen-bond donors (Lipinski definition) is 1. The van der Waals surface area contributed by atoms with Gasteiger partial charge in [-0.15, -0.1) is 0 Å². The highest BCUT2D eigenvalue weighted by molar-refractivity contribution is 5.39. The molecule has 3 heteroatoms. The van der Waals surface area contributed by atoms with Crippen molar-refractivity contribution in [3.8, 4) is 0 Å². The quantitative estimate of drug-likeness (QED) is 0.842. The molecule has 2 aromatic rings. The fourth-order valence-electron chi connectivity index (χ4n) is 2.06. The van der Waals surface area contributed by atoms with Crippen LogP contribution in [0.2, 0.25) is 0 Å². The molecule has 96 valence electrons. The Kier molecular flexibility index (Phi) is 3.41. The van der Waals surface area contributed by atoms with Crippen LogP contribution in [0.3, 0.4) is 0 Å². The van der Waals surface area contributed by atoms with Crippen molar-refractivity contribution in [3.05, 3.63) is 48.0 Å². The van der Waals surface area contributed by atoms with Gasteiger partial charge in [0.1, 0.15) is 0 Å². The van der Waals surface area contributed by atoms with E-state index in [1.807, 2.05) is 24.7 Å². The molecule has 0 radical (unpaired) electrons. The van der Waals surface area contributed by atoms with Crippen LogP contribution in [-0.2, 0) is 18.4 Å². The lowest BCUT2D eigenvalue weighted by molar-refractivity contribution is 0.516. The van der Waals surface area contributed by atoms with E-state index < -0.39 is 0 Å². The summed E-state index contributed by atoms with van der Waals surface area (Å²) in [4.78, 5) is 4.26. The summed E-state index contributed by atoms with van der Waals surface area (Å²) in [5.74, 6) is 0. The average molecular weight is 243 g/mol. The molecule has 1 aromatic heterocycles. The predicted octanol–water partition coefficient (Wildman–Crippen LogP) is 3.01. The van der Waals surface area contributed by atoms with E-state index in [1.54, 1.807) is 0 Å². The smallest absolute Gasteiger partial charge is 0.0948 e. The zero-order chi connectivity index (χ0) is 13.2. The van der Waals surface area contributed by atoms with E-state index in [4.69, 9.17) is 5.73 Å². The number of nitrogens with two attached hydrogens (primary N) is 1. The van der Waals surface area contributed by atoms with E-state index in [1.165, 1.54) is 11.3 Å². The maximum absolute atomic E-state index is 5.68. The molecule has 0 atom stereocenters. The van der Waals surface area contributed by atoms with Crippen LogP contribution in [0.1, 0.15) is 32.0 Å². The number of hydrogen-bond acceptors (Lipinski definition) is 2. The molecule has 0 amide bonds. The Hall–Kier alpha value is -1.77. The van der Waals surface area contributed by atoms with Crippen molar-refractivity contribution < 1.29 is 0 Å². The Morgan fingerprint density at radius 1 is 1.17 bits per heavy atom. The summed E-state index contributed by atoms with van der Waals surface area (Å²) in [6.07, 6.45) is 4.88. The van der Waals surface area contributed by atoms with Gasteiger partial charge in [0.15, 0.2) is 0 Å². The van der Waals surface area contributed by atoms with Gasteiger partial charge in [-0.1, -0.05) is 32.9 Å². The zero-order valence-corrected chi connectivity index (χ0v) is 11.4. The molecule has 2 N–H and O–H groups in total. The Balaban J connectivity index is 2.07. The summed E-state index contributed by atoms with van der Waals surface area (Å²) in [5.41, 5.74) is 9.22. The van der Waals surface area contributed by atoms with Gasteiger partial charge in [-0.2, -0.15) is 0 Å².